The van der Waals surface area contributed by atoms with Crippen LogP contribution in [0, 0.1) is 10.1 Å². The summed E-state index contributed by atoms with van der Waals surface area (Å²) in [6, 6.07) is 4.63. The molecule has 0 saturated carbocycles. The zero-order valence-corrected chi connectivity index (χ0v) is 15.9. The highest BCUT2D eigenvalue weighted by Crippen LogP contribution is 2.17. The van der Waals surface area contributed by atoms with Gasteiger partial charge in [0.25, 0.3) is 11.6 Å². The van der Waals surface area contributed by atoms with Crippen LogP contribution in [-0.4, -0.2) is 41.0 Å². The summed E-state index contributed by atoms with van der Waals surface area (Å²) in [6.07, 6.45) is -0.984. The van der Waals surface area contributed by atoms with E-state index in [0.29, 0.717) is 9.77 Å². The Morgan fingerprint density at radius 3 is 2.46 bits per heavy atom. The lowest BCUT2D eigenvalue weighted by Gasteiger charge is -2.08. The predicted octanol–water partition coefficient (Wildman–Crippen LogP) is 1.71. The molecule has 0 fully saturated rings. The van der Waals surface area contributed by atoms with Crippen molar-refractivity contribution in [2.75, 3.05) is 13.1 Å². The van der Waals surface area contributed by atoms with Crippen molar-refractivity contribution in [1.29, 1.82) is 0 Å². The number of imide groups is 1. The number of alkyl carbamates (subject to hydrolysis) is 1. The number of non-ortho nitro benzene ring substituents is 1. The van der Waals surface area contributed by atoms with E-state index in [2.05, 4.69) is 28.2 Å². The highest BCUT2D eigenvalue weighted by molar-refractivity contribution is 7.82. The minimum Gasteiger partial charge on any atom is -0.444 e. The highest BCUT2D eigenvalue weighted by Gasteiger charge is 2.13. The lowest BCUT2D eigenvalue weighted by atomic mass is 10.2. The number of carbonyl (C=O) groups is 3. The average Bonchev–Trinajstić information content (AvgIpc) is 3.09. The SMILES string of the molecule is O=C(NCCNC(=O)c1ncsc1S)NC(=O)OCc1ccc([N+](=O)[O-])cc1. The molecule has 148 valence electrons. The number of carbonyl (C=O) groups excluding carboxylic acids is 3. The van der Waals surface area contributed by atoms with Crippen molar-refractivity contribution in [1.82, 2.24) is 20.9 Å². The van der Waals surface area contributed by atoms with Crippen LogP contribution >= 0.6 is 24.0 Å². The minimum atomic E-state index is -0.984. The van der Waals surface area contributed by atoms with E-state index in [0.717, 1.165) is 0 Å². The van der Waals surface area contributed by atoms with Gasteiger partial charge in [-0.3, -0.25) is 14.9 Å². The van der Waals surface area contributed by atoms with E-state index >= 15 is 0 Å². The van der Waals surface area contributed by atoms with Crippen molar-refractivity contribution in [2.24, 2.45) is 0 Å². The molecule has 0 atom stereocenters. The molecule has 28 heavy (non-hydrogen) atoms. The third-order valence-corrected chi connectivity index (χ3v) is 4.35. The van der Waals surface area contributed by atoms with Gasteiger partial charge in [-0.15, -0.1) is 24.0 Å². The largest absolute Gasteiger partial charge is 0.444 e. The van der Waals surface area contributed by atoms with Crippen molar-refractivity contribution >= 4 is 47.7 Å². The molecular formula is C15H15N5O6S2. The minimum absolute atomic E-state index is 0.0687. The van der Waals surface area contributed by atoms with Crippen molar-refractivity contribution in [2.45, 2.75) is 10.8 Å². The molecular weight excluding hydrogens is 410 g/mol. The van der Waals surface area contributed by atoms with Crippen LogP contribution in [0.5, 0.6) is 0 Å². The van der Waals surface area contributed by atoms with E-state index in [-0.39, 0.29) is 31.1 Å². The molecule has 0 radical (unpaired) electrons. The normalized spacial score (nSPS) is 10.0. The molecule has 2 rings (SSSR count). The number of urea groups is 1. The fraction of sp³-hybridized carbons (Fsp3) is 0.200. The Labute approximate surface area is 168 Å². The third-order valence-electron chi connectivity index (χ3n) is 3.19. The van der Waals surface area contributed by atoms with Crippen LogP contribution < -0.4 is 16.0 Å². The molecule has 13 heteroatoms. The van der Waals surface area contributed by atoms with Crippen molar-refractivity contribution < 1.29 is 24.0 Å². The molecule has 0 bridgehead atoms. The number of nitrogens with one attached hydrogen (secondary N) is 3. The number of thiazole rings is 1. The van der Waals surface area contributed by atoms with Crippen LogP contribution in [-0.2, 0) is 11.3 Å². The van der Waals surface area contributed by atoms with E-state index in [1.54, 1.807) is 0 Å². The van der Waals surface area contributed by atoms with E-state index in [1.807, 2.05) is 5.32 Å². The van der Waals surface area contributed by atoms with Crippen LogP contribution in [0.1, 0.15) is 16.1 Å². The summed E-state index contributed by atoms with van der Waals surface area (Å²) < 4.78 is 5.32. The molecule has 1 aromatic carbocycles. The van der Waals surface area contributed by atoms with E-state index in [1.165, 1.54) is 41.1 Å². The number of hydrogen-bond acceptors (Lipinski definition) is 9. The maximum absolute atomic E-state index is 11.8. The summed E-state index contributed by atoms with van der Waals surface area (Å²) in [5.41, 5.74) is 2.13. The van der Waals surface area contributed by atoms with Crippen LogP contribution in [0.2, 0.25) is 0 Å². The smallest absolute Gasteiger partial charge is 0.415 e. The lowest BCUT2D eigenvalue weighted by molar-refractivity contribution is -0.384. The molecule has 3 N–H and O–H groups in total. The summed E-state index contributed by atoms with van der Waals surface area (Å²) in [5, 5.41) is 17.4. The van der Waals surface area contributed by atoms with Gasteiger partial charge in [0, 0.05) is 25.2 Å². The first kappa shape index (κ1) is 21.1. The predicted molar refractivity (Wildman–Crippen MR) is 102 cm³/mol. The van der Waals surface area contributed by atoms with Crippen molar-refractivity contribution in [3.8, 4) is 0 Å². The molecule has 11 nitrogen and oxygen atoms in total. The molecule has 4 amide bonds. The second kappa shape index (κ2) is 10.2. The van der Waals surface area contributed by atoms with Gasteiger partial charge < -0.3 is 15.4 Å². The van der Waals surface area contributed by atoms with Gasteiger partial charge in [0.05, 0.1) is 14.6 Å². The topological polar surface area (TPSA) is 153 Å². The van der Waals surface area contributed by atoms with Crippen molar-refractivity contribution in [3.05, 3.63) is 51.1 Å². The maximum atomic E-state index is 11.8. The number of benzene rings is 1. The van der Waals surface area contributed by atoms with E-state index in [4.69, 9.17) is 4.74 Å². The van der Waals surface area contributed by atoms with Crippen molar-refractivity contribution in [3.63, 3.8) is 0 Å². The average molecular weight is 425 g/mol. The van der Waals surface area contributed by atoms with Gasteiger partial charge in [-0.25, -0.2) is 19.9 Å². The monoisotopic (exact) mass is 425 g/mol. The first-order valence-corrected chi connectivity index (χ1v) is 9.05. The van der Waals surface area contributed by atoms with Gasteiger partial charge in [0.1, 0.15) is 6.61 Å². The Morgan fingerprint density at radius 2 is 1.86 bits per heavy atom. The number of ether oxygens (including phenoxy) is 1. The first-order chi connectivity index (χ1) is 13.4. The Hall–Kier alpha value is -3.19. The van der Waals surface area contributed by atoms with Gasteiger partial charge in [-0.1, -0.05) is 0 Å². The second-order valence-electron chi connectivity index (χ2n) is 5.14. The number of aromatic nitrogens is 1. The van der Waals surface area contributed by atoms with Gasteiger partial charge in [0.2, 0.25) is 0 Å². The number of hydrogen-bond donors (Lipinski definition) is 4. The fourth-order valence-corrected chi connectivity index (χ4v) is 2.68. The molecule has 1 heterocycles. The quantitative estimate of drug-likeness (QED) is 0.228. The summed E-state index contributed by atoms with van der Waals surface area (Å²) in [5.74, 6) is -0.420. The lowest BCUT2D eigenvalue weighted by Crippen LogP contribution is -2.42. The molecule has 0 aliphatic heterocycles. The summed E-state index contributed by atoms with van der Waals surface area (Å²) in [7, 11) is 0. The number of amides is 4. The Morgan fingerprint density at radius 1 is 1.18 bits per heavy atom. The molecule has 0 saturated heterocycles. The number of thiol groups is 1. The molecule has 0 spiro atoms. The zero-order chi connectivity index (χ0) is 20.5. The molecule has 0 aliphatic rings. The molecule has 0 unspecified atom stereocenters. The molecule has 0 aliphatic carbocycles. The number of nitro groups is 1. The summed E-state index contributed by atoms with van der Waals surface area (Å²) >= 11 is 5.32. The number of nitrogens with zero attached hydrogens (tertiary/aromatic N) is 2. The Kier molecular flexibility index (Phi) is 7.71. The Balaban J connectivity index is 1.63. The second-order valence-corrected chi connectivity index (χ2v) is 6.75. The summed E-state index contributed by atoms with van der Waals surface area (Å²) in [6.45, 7) is 0.0287. The van der Waals surface area contributed by atoms with E-state index in [9.17, 15) is 24.5 Å². The summed E-state index contributed by atoms with van der Waals surface area (Å²) in [4.78, 5) is 48.8. The Bertz CT molecular complexity index is 870. The van der Waals surface area contributed by atoms with Gasteiger partial charge in [-0.2, -0.15) is 0 Å². The zero-order valence-electron chi connectivity index (χ0n) is 14.2. The van der Waals surface area contributed by atoms with E-state index < -0.39 is 23.0 Å². The standard InChI is InChI=1S/C15H15N5O6S2/c21-12(11-13(27)28-8-18-11)16-5-6-17-14(22)19-15(23)26-7-9-1-3-10(4-2-9)20(24)25/h1-4,8,27H,5-7H2,(H,16,21)(H2,17,19,22,23). The maximum Gasteiger partial charge on any atom is 0.415 e. The van der Waals surface area contributed by atoms with Gasteiger partial charge in [-0.05, 0) is 17.7 Å². The molecule has 1 aromatic heterocycles. The van der Waals surface area contributed by atoms with Crippen LogP contribution in [0.15, 0.2) is 34.0 Å². The number of nitro benzene ring substituents is 1. The molecule has 2 aromatic rings. The van der Waals surface area contributed by atoms with Gasteiger partial charge in [0.15, 0.2) is 5.69 Å². The van der Waals surface area contributed by atoms with Gasteiger partial charge >= 0.3 is 12.1 Å². The third kappa shape index (κ3) is 6.51. The van der Waals surface area contributed by atoms with Crippen LogP contribution in [0.3, 0.4) is 0 Å². The first-order valence-electron chi connectivity index (χ1n) is 7.72. The fourth-order valence-electron chi connectivity index (χ4n) is 1.87. The highest BCUT2D eigenvalue weighted by atomic mass is 32.2. The van der Waals surface area contributed by atoms with Crippen LogP contribution in [0.4, 0.5) is 15.3 Å². The number of rotatable bonds is 7. The van der Waals surface area contributed by atoms with Crippen LogP contribution in [0.25, 0.3) is 0 Å².